The zero-order valence-corrected chi connectivity index (χ0v) is 5.22. The number of aromatic amines is 1. The molecule has 2 rings (SSSR count). The molecule has 0 aromatic heterocycles. The van der Waals surface area contributed by atoms with E-state index in [1.165, 1.54) is 0 Å². The largest absolute Gasteiger partial charge is 0.380 e. The molecule has 10 heavy (non-hydrogen) atoms. The van der Waals surface area contributed by atoms with E-state index in [9.17, 15) is 0 Å². The summed E-state index contributed by atoms with van der Waals surface area (Å²) >= 11 is 0. The van der Waals surface area contributed by atoms with E-state index in [1.807, 2.05) is 0 Å². The van der Waals surface area contributed by atoms with Crippen molar-refractivity contribution in [2.75, 3.05) is 0 Å². The summed E-state index contributed by atoms with van der Waals surface area (Å²) in [5, 5.41) is 11.4. The molecule has 0 aliphatic carbocycles. The van der Waals surface area contributed by atoms with E-state index < -0.39 is 0 Å². The summed E-state index contributed by atoms with van der Waals surface area (Å²) in [4.78, 5) is 0. The Labute approximate surface area is 55.5 Å². The van der Waals surface area contributed by atoms with Crippen molar-refractivity contribution in [3.8, 4) is 0 Å². The Bertz CT molecular complexity index is 452. The Hall–Kier alpha value is -1.58. The van der Waals surface area contributed by atoms with Crippen LogP contribution < -0.4 is 10.8 Å². The van der Waals surface area contributed by atoms with E-state index in [0.717, 1.165) is 5.22 Å². The first-order valence-corrected chi connectivity index (χ1v) is 2.76. The van der Waals surface area contributed by atoms with Gasteiger partial charge in [-0.1, -0.05) is 13.2 Å². The third kappa shape index (κ3) is 0.452. The van der Waals surface area contributed by atoms with Crippen LogP contribution in [0.1, 0.15) is 0 Å². The highest BCUT2D eigenvalue weighted by Gasteiger charge is 1.96. The van der Waals surface area contributed by atoms with E-state index in [1.54, 1.807) is 0 Å². The molecule has 0 atom stereocenters. The Morgan fingerprint density at radius 1 is 1.30 bits per heavy atom. The summed E-state index contributed by atoms with van der Waals surface area (Å²) in [5.41, 5.74) is 1.14. The molecule has 0 saturated heterocycles. The van der Waals surface area contributed by atoms with Gasteiger partial charge in [0, 0.05) is 0 Å². The van der Waals surface area contributed by atoms with E-state index in [0.29, 0.717) is 16.2 Å². The molecule has 0 unspecified atom stereocenters. The highest BCUT2D eigenvalue weighted by atomic mass is 16.5. The summed E-state index contributed by atoms with van der Waals surface area (Å²) in [7, 11) is 0. The van der Waals surface area contributed by atoms with Gasteiger partial charge in [0.05, 0.1) is 10.6 Å². The highest BCUT2D eigenvalue weighted by Crippen LogP contribution is 1.75. The highest BCUT2D eigenvalue weighted by molar-refractivity contribution is 5.05. The zero-order chi connectivity index (χ0) is 7.14. The molecule has 0 amide bonds. The molecule has 2 aliphatic rings. The van der Waals surface area contributed by atoms with Gasteiger partial charge in [-0.3, -0.25) is 0 Å². The van der Waals surface area contributed by atoms with Crippen LogP contribution in [0, 0.1) is 10.7 Å². The first kappa shape index (κ1) is 5.22. The number of nitrogens with one attached hydrogen (secondary N) is 1. The second-order valence-electron chi connectivity index (χ2n) is 2.00. The van der Waals surface area contributed by atoms with E-state index >= 15 is 0 Å². The van der Waals surface area contributed by atoms with Gasteiger partial charge in [0.2, 0.25) is 0 Å². The molecule has 0 saturated carbocycles. The van der Waals surface area contributed by atoms with Gasteiger partial charge in [-0.25, -0.2) is 5.16 Å². The van der Waals surface area contributed by atoms with Crippen LogP contribution in [-0.4, -0.2) is 15.4 Å². The van der Waals surface area contributed by atoms with Gasteiger partial charge in [0.25, 0.3) is 0 Å². The second-order valence-corrected chi connectivity index (χ2v) is 2.00. The first-order valence-electron chi connectivity index (χ1n) is 2.76. The number of rotatable bonds is 0. The van der Waals surface area contributed by atoms with Crippen LogP contribution in [0.4, 0.5) is 0 Å². The van der Waals surface area contributed by atoms with Crippen LogP contribution in [0.2, 0.25) is 0 Å². The topological polar surface area (TPSA) is 54.7 Å². The minimum Gasteiger partial charge on any atom is -0.380 e. The Morgan fingerprint density at radius 3 is 2.80 bits per heavy atom. The van der Waals surface area contributed by atoms with Crippen molar-refractivity contribution in [2.45, 2.75) is 0 Å². The average Bonchev–Trinajstić information content (AvgIpc) is 2.40. The number of H-pyrrole nitrogens is 1. The maximum absolute atomic E-state index is 4.86. The van der Waals surface area contributed by atoms with Crippen molar-refractivity contribution in [1.29, 1.82) is 0 Å². The molecule has 0 spiro atoms. The fourth-order valence-corrected chi connectivity index (χ4v) is 0.872. The lowest BCUT2D eigenvalue weighted by Gasteiger charge is -1.67. The quantitative estimate of drug-likeness (QED) is 0.501. The predicted molar refractivity (Wildman–Crippen MR) is 34.2 cm³/mol. The van der Waals surface area contributed by atoms with Gasteiger partial charge in [-0.15, -0.1) is 10.2 Å². The molecule has 0 fully saturated rings. The lowest BCUT2D eigenvalue weighted by molar-refractivity contribution is 0.384. The summed E-state index contributed by atoms with van der Waals surface area (Å²) in [6, 6.07) is 0. The van der Waals surface area contributed by atoms with E-state index in [-0.39, 0.29) is 0 Å². The molecule has 50 valence electrons. The molecule has 0 bridgehead atoms. The first-order chi connectivity index (χ1) is 4.79. The number of hydrogen-bond acceptors (Lipinski definition) is 3. The van der Waals surface area contributed by atoms with Crippen LogP contribution in [0.15, 0.2) is 4.52 Å². The Kier molecular flexibility index (Phi) is 0.768. The maximum atomic E-state index is 4.86. The van der Waals surface area contributed by atoms with Crippen molar-refractivity contribution in [3.05, 3.63) is 21.5 Å². The molecule has 2 heterocycles. The fourth-order valence-electron chi connectivity index (χ4n) is 0.872. The van der Waals surface area contributed by atoms with E-state index in [2.05, 4.69) is 28.5 Å². The molecular formula is C6H5N3O. The van der Waals surface area contributed by atoms with Crippen molar-refractivity contribution in [1.82, 2.24) is 15.4 Å². The smallest absolute Gasteiger partial charge is 0.195 e. The molecule has 4 nitrogen and oxygen atoms in total. The van der Waals surface area contributed by atoms with Gasteiger partial charge >= 0.3 is 0 Å². The zero-order valence-electron chi connectivity index (χ0n) is 5.22. The van der Waals surface area contributed by atoms with Gasteiger partial charge in [-0.2, -0.15) is 0 Å². The summed E-state index contributed by atoms with van der Waals surface area (Å²) in [6.07, 6.45) is 0. The van der Waals surface area contributed by atoms with Crippen LogP contribution in [0.5, 0.6) is 0 Å². The summed E-state index contributed by atoms with van der Waals surface area (Å²) in [6.45, 7) is 7.27. The average molecular weight is 135 g/mol. The van der Waals surface area contributed by atoms with Crippen LogP contribution in [0.3, 0.4) is 0 Å². The molecule has 0 aromatic carbocycles. The fraction of sp³-hybridized carbons (Fsp3) is 0. The summed E-state index contributed by atoms with van der Waals surface area (Å²) < 4.78 is 4.86. The maximum Gasteiger partial charge on any atom is 0.195 e. The number of hydrogen-bond donors (Lipinski definition) is 1. The number of aromatic nitrogens is 3. The van der Waals surface area contributed by atoms with Gasteiger partial charge in [-0.05, 0) is 0 Å². The number of nitrogens with zero attached hydrogens (tertiary/aromatic N) is 2. The van der Waals surface area contributed by atoms with Crippen molar-refractivity contribution < 1.29 is 4.52 Å². The van der Waals surface area contributed by atoms with Gasteiger partial charge in [0.1, 0.15) is 0 Å². The predicted octanol–water partition coefficient (Wildman–Crippen LogP) is -1.06. The SMILES string of the molecule is C=c1nnc2[nH]oc(=C)c1=2. The van der Waals surface area contributed by atoms with Crippen LogP contribution in [0.25, 0.3) is 13.2 Å². The standard InChI is InChI=1S/C6H5N3O/c1-3-5-4(2)10-9-6(5)8-7-3/h9H,1-2H2. The Balaban J connectivity index is 3.40. The van der Waals surface area contributed by atoms with E-state index in [4.69, 9.17) is 4.52 Å². The van der Waals surface area contributed by atoms with Crippen molar-refractivity contribution in [3.63, 3.8) is 0 Å². The monoisotopic (exact) mass is 135 g/mol. The summed E-state index contributed by atoms with van der Waals surface area (Å²) in [5.74, 6) is 0. The molecule has 4 heteroatoms. The molecule has 1 N–H and O–H groups in total. The minimum absolute atomic E-state index is 0.532. The van der Waals surface area contributed by atoms with Crippen LogP contribution in [-0.2, 0) is 0 Å². The third-order valence-corrected chi connectivity index (χ3v) is 1.35. The lowest BCUT2D eigenvalue weighted by Crippen LogP contribution is -2.08. The molecular weight excluding hydrogens is 130 g/mol. The molecule has 2 aliphatic heterocycles. The second kappa shape index (κ2) is 1.47. The van der Waals surface area contributed by atoms with Crippen LogP contribution >= 0.6 is 0 Å². The normalized spacial score (nSPS) is 10.8. The molecule has 0 aromatic rings. The minimum atomic E-state index is 0.532. The third-order valence-electron chi connectivity index (χ3n) is 1.35. The Morgan fingerprint density at radius 2 is 2.10 bits per heavy atom. The van der Waals surface area contributed by atoms with Gasteiger partial charge < -0.3 is 4.52 Å². The molecule has 0 radical (unpaired) electrons. The van der Waals surface area contributed by atoms with Crippen molar-refractivity contribution >= 4 is 13.2 Å². The lowest BCUT2D eigenvalue weighted by atomic mass is 10.4. The van der Waals surface area contributed by atoms with Crippen molar-refractivity contribution in [2.24, 2.45) is 0 Å². The van der Waals surface area contributed by atoms with Gasteiger partial charge in [0.15, 0.2) is 10.9 Å².